The van der Waals surface area contributed by atoms with Crippen LogP contribution in [0.2, 0.25) is 0 Å². The van der Waals surface area contributed by atoms with E-state index in [9.17, 15) is 9.90 Å². The third-order valence-corrected chi connectivity index (χ3v) is 5.46. The molecule has 1 saturated carbocycles. The summed E-state index contributed by atoms with van der Waals surface area (Å²) in [5.74, 6) is -0.689. The summed E-state index contributed by atoms with van der Waals surface area (Å²) >= 11 is 0. The maximum atomic E-state index is 11.3. The molecule has 0 amide bonds. The van der Waals surface area contributed by atoms with Crippen molar-refractivity contribution < 1.29 is 9.90 Å². The summed E-state index contributed by atoms with van der Waals surface area (Å²) in [5.41, 5.74) is 0.551. The summed E-state index contributed by atoms with van der Waals surface area (Å²) < 4.78 is 0. The molecule has 1 saturated heterocycles. The molecular formula is C16H30N2O2. The highest BCUT2D eigenvalue weighted by atomic mass is 16.4. The van der Waals surface area contributed by atoms with Gasteiger partial charge in [0.1, 0.15) is 6.04 Å². The van der Waals surface area contributed by atoms with Gasteiger partial charge in [-0.1, -0.05) is 26.7 Å². The number of piperidine rings is 1. The van der Waals surface area contributed by atoms with E-state index >= 15 is 0 Å². The SMILES string of the molecule is CCC1(CC)CCN(CCC(NC2CC2)C(=O)O)CC1. The lowest BCUT2D eigenvalue weighted by atomic mass is 9.74. The van der Waals surface area contributed by atoms with E-state index in [-0.39, 0.29) is 6.04 Å². The summed E-state index contributed by atoms with van der Waals surface area (Å²) in [7, 11) is 0. The second-order valence-corrected chi connectivity index (χ2v) is 6.67. The lowest BCUT2D eigenvalue weighted by molar-refractivity contribution is -0.139. The second kappa shape index (κ2) is 6.90. The van der Waals surface area contributed by atoms with E-state index in [1.165, 1.54) is 25.7 Å². The molecule has 20 heavy (non-hydrogen) atoms. The Balaban J connectivity index is 1.72. The highest BCUT2D eigenvalue weighted by Crippen LogP contribution is 2.37. The van der Waals surface area contributed by atoms with Crippen LogP contribution < -0.4 is 5.32 Å². The number of carbonyl (C=O) groups is 1. The molecule has 1 aliphatic carbocycles. The molecule has 0 spiro atoms. The normalized spacial score (nSPS) is 24.5. The van der Waals surface area contributed by atoms with Gasteiger partial charge in [0, 0.05) is 12.6 Å². The van der Waals surface area contributed by atoms with Crippen LogP contribution in [0.4, 0.5) is 0 Å². The molecule has 0 aromatic carbocycles. The van der Waals surface area contributed by atoms with Crippen molar-refractivity contribution in [2.45, 2.75) is 70.9 Å². The first kappa shape index (κ1) is 15.8. The summed E-state index contributed by atoms with van der Waals surface area (Å²) in [6.07, 6.45) is 8.11. The van der Waals surface area contributed by atoms with Crippen LogP contribution in [-0.4, -0.2) is 47.7 Å². The van der Waals surface area contributed by atoms with Crippen LogP contribution in [0.5, 0.6) is 0 Å². The van der Waals surface area contributed by atoms with Crippen LogP contribution >= 0.6 is 0 Å². The van der Waals surface area contributed by atoms with Crippen LogP contribution in [0.15, 0.2) is 0 Å². The zero-order valence-electron chi connectivity index (χ0n) is 13.0. The van der Waals surface area contributed by atoms with Gasteiger partial charge in [0.05, 0.1) is 0 Å². The van der Waals surface area contributed by atoms with Crippen LogP contribution in [0, 0.1) is 5.41 Å². The predicted octanol–water partition coefficient (Wildman–Crippen LogP) is 2.48. The third kappa shape index (κ3) is 4.19. The molecule has 2 N–H and O–H groups in total. The van der Waals surface area contributed by atoms with Crippen molar-refractivity contribution in [3.8, 4) is 0 Å². The Morgan fingerprint density at radius 2 is 1.90 bits per heavy atom. The molecule has 2 aliphatic rings. The quantitative estimate of drug-likeness (QED) is 0.718. The van der Waals surface area contributed by atoms with Gasteiger partial charge in [-0.05, 0) is 50.6 Å². The molecule has 0 aromatic heterocycles. The topological polar surface area (TPSA) is 52.6 Å². The van der Waals surface area contributed by atoms with Crippen molar-refractivity contribution >= 4 is 5.97 Å². The molecule has 1 aliphatic heterocycles. The van der Waals surface area contributed by atoms with E-state index in [2.05, 4.69) is 24.1 Å². The fraction of sp³-hybridized carbons (Fsp3) is 0.938. The Labute approximate surface area is 122 Å². The summed E-state index contributed by atoms with van der Waals surface area (Å²) in [5, 5.41) is 12.5. The first-order valence-corrected chi connectivity index (χ1v) is 8.30. The molecule has 1 heterocycles. The molecule has 116 valence electrons. The summed E-state index contributed by atoms with van der Waals surface area (Å²) in [6, 6.07) is 0.108. The van der Waals surface area contributed by atoms with Gasteiger partial charge in [-0.3, -0.25) is 4.79 Å². The minimum Gasteiger partial charge on any atom is -0.480 e. The lowest BCUT2D eigenvalue weighted by Crippen LogP contribution is -2.44. The fourth-order valence-corrected chi connectivity index (χ4v) is 3.33. The van der Waals surface area contributed by atoms with Gasteiger partial charge in [-0.25, -0.2) is 0 Å². The molecule has 0 bridgehead atoms. The molecule has 2 fully saturated rings. The Hall–Kier alpha value is -0.610. The van der Waals surface area contributed by atoms with Gasteiger partial charge in [-0.2, -0.15) is 0 Å². The van der Waals surface area contributed by atoms with E-state index in [0.717, 1.165) is 38.9 Å². The van der Waals surface area contributed by atoms with Gasteiger partial charge in [0.2, 0.25) is 0 Å². The van der Waals surface area contributed by atoms with Crippen molar-refractivity contribution in [3.63, 3.8) is 0 Å². The molecule has 1 atom stereocenters. The van der Waals surface area contributed by atoms with E-state index in [1.54, 1.807) is 0 Å². The van der Waals surface area contributed by atoms with Crippen molar-refractivity contribution in [1.82, 2.24) is 10.2 Å². The minimum absolute atomic E-state index is 0.355. The zero-order valence-corrected chi connectivity index (χ0v) is 13.0. The first-order valence-electron chi connectivity index (χ1n) is 8.30. The van der Waals surface area contributed by atoms with Gasteiger partial charge < -0.3 is 15.3 Å². The number of nitrogens with one attached hydrogen (secondary N) is 1. The number of aliphatic carboxylic acids is 1. The van der Waals surface area contributed by atoms with E-state index in [0.29, 0.717) is 11.5 Å². The number of hydrogen-bond donors (Lipinski definition) is 2. The molecule has 2 rings (SSSR count). The average Bonchev–Trinajstić information content (AvgIpc) is 3.28. The molecular weight excluding hydrogens is 252 g/mol. The van der Waals surface area contributed by atoms with E-state index < -0.39 is 5.97 Å². The zero-order chi connectivity index (χ0) is 14.6. The third-order valence-electron chi connectivity index (χ3n) is 5.46. The maximum Gasteiger partial charge on any atom is 0.320 e. The van der Waals surface area contributed by atoms with Crippen molar-refractivity contribution in [2.24, 2.45) is 5.41 Å². The first-order chi connectivity index (χ1) is 9.58. The van der Waals surface area contributed by atoms with Crippen molar-refractivity contribution in [3.05, 3.63) is 0 Å². The molecule has 1 unspecified atom stereocenters. The smallest absolute Gasteiger partial charge is 0.320 e. The van der Waals surface area contributed by atoms with Gasteiger partial charge >= 0.3 is 5.97 Å². The number of rotatable bonds is 8. The molecule has 4 nitrogen and oxygen atoms in total. The van der Waals surface area contributed by atoms with Gasteiger partial charge in [0.25, 0.3) is 0 Å². The number of nitrogens with zero attached hydrogens (tertiary/aromatic N) is 1. The Morgan fingerprint density at radius 3 is 2.35 bits per heavy atom. The monoisotopic (exact) mass is 282 g/mol. The second-order valence-electron chi connectivity index (χ2n) is 6.67. The van der Waals surface area contributed by atoms with Crippen LogP contribution in [0.25, 0.3) is 0 Å². The maximum absolute atomic E-state index is 11.3. The predicted molar refractivity (Wildman–Crippen MR) is 80.9 cm³/mol. The Bertz CT molecular complexity index is 314. The van der Waals surface area contributed by atoms with Crippen molar-refractivity contribution in [2.75, 3.05) is 19.6 Å². The van der Waals surface area contributed by atoms with E-state index in [4.69, 9.17) is 0 Å². The number of carboxylic acids is 1. The summed E-state index contributed by atoms with van der Waals surface area (Å²) in [6.45, 7) is 7.80. The molecule has 0 radical (unpaired) electrons. The minimum atomic E-state index is -0.689. The van der Waals surface area contributed by atoms with Gasteiger partial charge in [0.15, 0.2) is 0 Å². The van der Waals surface area contributed by atoms with Crippen LogP contribution in [-0.2, 0) is 4.79 Å². The highest BCUT2D eigenvalue weighted by molar-refractivity contribution is 5.73. The lowest BCUT2D eigenvalue weighted by Gasteiger charge is -2.41. The Morgan fingerprint density at radius 1 is 1.30 bits per heavy atom. The largest absolute Gasteiger partial charge is 0.480 e. The van der Waals surface area contributed by atoms with Crippen LogP contribution in [0.3, 0.4) is 0 Å². The summed E-state index contributed by atoms with van der Waals surface area (Å²) in [4.78, 5) is 13.7. The number of hydrogen-bond acceptors (Lipinski definition) is 3. The van der Waals surface area contributed by atoms with E-state index in [1.807, 2.05) is 0 Å². The fourth-order valence-electron chi connectivity index (χ4n) is 3.33. The molecule has 0 aromatic rings. The van der Waals surface area contributed by atoms with Gasteiger partial charge in [-0.15, -0.1) is 0 Å². The number of likely N-dealkylation sites (tertiary alicyclic amines) is 1. The average molecular weight is 282 g/mol. The van der Waals surface area contributed by atoms with Crippen molar-refractivity contribution in [1.29, 1.82) is 0 Å². The highest BCUT2D eigenvalue weighted by Gasteiger charge is 2.32. The Kier molecular flexibility index (Phi) is 5.44. The van der Waals surface area contributed by atoms with Crippen LogP contribution in [0.1, 0.15) is 58.8 Å². The number of carboxylic acid groups (broad SMARTS) is 1. The molecule has 4 heteroatoms. The standard InChI is InChI=1S/C16H30N2O2/c1-3-16(4-2)8-11-18(12-9-16)10-7-14(15(19)20)17-13-5-6-13/h13-14,17H,3-12H2,1-2H3,(H,19,20).